The normalized spacial score (nSPS) is 11.5. The van der Waals surface area contributed by atoms with E-state index in [0.717, 1.165) is 0 Å². The van der Waals surface area contributed by atoms with Gasteiger partial charge in [-0.05, 0) is 18.2 Å². The van der Waals surface area contributed by atoms with Crippen molar-refractivity contribution in [2.75, 3.05) is 14.2 Å². The predicted octanol–water partition coefficient (Wildman–Crippen LogP) is 1.85. The lowest BCUT2D eigenvalue weighted by atomic mass is 10.2. The zero-order valence-corrected chi connectivity index (χ0v) is 14.0. The van der Waals surface area contributed by atoms with E-state index < -0.39 is 6.61 Å². The maximum Gasteiger partial charge on any atom is 0.387 e. The highest BCUT2D eigenvalue weighted by atomic mass is 19.3. The summed E-state index contributed by atoms with van der Waals surface area (Å²) in [6.45, 7) is -0.720. The summed E-state index contributed by atoms with van der Waals surface area (Å²) in [4.78, 5) is 8.11. The molecular formula is C15H19F2N5O3. The molecule has 0 aliphatic heterocycles. The van der Waals surface area contributed by atoms with Gasteiger partial charge in [0.25, 0.3) is 0 Å². The number of rotatable bonds is 7. The van der Waals surface area contributed by atoms with Crippen LogP contribution in [0.1, 0.15) is 17.3 Å². The van der Waals surface area contributed by atoms with Crippen LogP contribution in [0.4, 0.5) is 8.78 Å². The Morgan fingerprint density at radius 1 is 1.32 bits per heavy atom. The van der Waals surface area contributed by atoms with Gasteiger partial charge in [0.2, 0.25) is 5.89 Å². The fourth-order valence-corrected chi connectivity index (χ4v) is 2.01. The first-order valence-electron chi connectivity index (χ1n) is 7.37. The van der Waals surface area contributed by atoms with Gasteiger partial charge in [-0.1, -0.05) is 5.16 Å². The lowest BCUT2D eigenvalue weighted by Gasteiger charge is -2.15. The number of aliphatic imine (C=N–C) groups is 1. The molecule has 0 unspecified atom stereocenters. The molecule has 2 rings (SSSR count). The predicted molar refractivity (Wildman–Crippen MR) is 85.7 cm³/mol. The Morgan fingerprint density at radius 2 is 2.08 bits per heavy atom. The average Bonchev–Trinajstić information content (AvgIpc) is 3.01. The minimum absolute atomic E-state index is 0.0625. The van der Waals surface area contributed by atoms with E-state index in [0.29, 0.717) is 35.5 Å². The number of guanidine groups is 1. The number of aryl methyl sites for hydroxylation is 1. The fraction of sp³-hybridized carbons (Fsp3) is 0.400. The first-order chi connectivity index (χ1) is 12.0. The summed E-state index contributed by atoms with van der Waals surface area (Å²) in [6.07, 6.45) is 0. The van der Waals surface area contributed by atoms with E-state index in [1.54, 1.807) is 26.1 Å². The molecule has 1 aromatic carbocycles. The summed E-state index contributed by atoms with van der Waals surface area (Å²) < 4.78 is 39.6. The third kappa shape index (κ3) is 5.59. The molecule has 0 saturated heterocycles. The first kappa shape index (κ1) is 18.4. The summed E-state index contributed by atoms with van der Waals surface area (Å²) in [7, 11) is 3.08. The maximum atomic E-state index is 12.5. The smallest absolute Gasteiger partial charge is 0.387 e. The van der Waals surface area contributed by atoms with Gasteiger partial charge in [-0.25, -0.2) is 0 Å². The van der Waals surface area contributed by atoms with E-state index in [1.807, 2.05) is 0 Å². The molecule has 0 fully saturated rings. The Hall–Kier alpha value is -2.91. The second-order valence-electron chi connectivity index (χ2n) is 4.86. The topological polar surface area (TPSA) is 93.8 Å². The summed E-state index contributed by atoms with van der Waals surface area (Å²) >= 11 is 0. The average molecular weight is 355 g/mol. The van der Waals surface area contributed by atoms with Crippen LogP contribution in [0.3, 0.4) is 0 Å². The van der Waals surface area contributed by atoms with Crippen LogP contribution in [0.15, 0.2) is 27.7 Å². The van der Waals surface area contributed by atoms with Crippen LogP contribution < -0.4 is 20.1 Å². The minimum atomic E-state index is -2.91. The van der Waals surface area contributed by atoms with E-state index in [-0.39, 0.29) is 12.3 Å². The van der Waals surface area contributed by atoms with Gasteiger partial charge in [-0.15, -0.1) is 0 Å². The van der Waals surface area contributed by atoms with Crippen molar-refractivity contribution in [3.05, 3.63) is 35.5 Å². The number of methoxy groups -OCH3 is 1. The largest absolute Gasteiger partial charge is 0.497 e. The van der Waals surface area contributed by atoms with Crippen LogP contribution in [0.2, 0.25) is 0 Å². The molecule has 25 heavy (non-hydrogen) atoms. The van der Waals surface area contributed by atoms with Gasteiger partial charge in [0.15, 0.2) is 11.8 Å². The molecule has 0 amide bonds. The number of hydrogen-bond donors (Lipinski definition) is 2. The van der Waals surface area contributed by atoms with E-state index in [4.69, 9.17) is 9.26 Å². The lowest BCUT2D eigenvalue weighted by molar-refractivity contribution is -0.0504. The Kier molecular flexibility index (Phi) is 6.49. The number of hydrogen-bond acceptors (Lipinski definition) is 6. The Bertz CT molecular complexity index is 721. The van der Waals surface area contributed by atoms with Gasteiger partial charge in [0.05, 0.1) is 13.7 Å². The highest BCUT2D eigenvalue weighted by Crippen LogP contribution is 2.25. The minimum Gasteiger partial charge on any atom is -0.497 e. The molecule has 1 aromatic heterocycles. The zero-order valence-electron chi connectivity index (χ0n) is 14.0. The van der Waals surface area contributed by atoms with Crippen molar-refractivity contribution in [2.24, 2.45) is 4.99 Å². The number of alkyl halides is 2. The molecule has 0 spiro atoms. The van der Waals surface area contributed by atoms with Crippen LogP contribution in [0.5, 0.6) is 11.5 Å². The molecular weight excluding hydrogens is 336 g/mol. The molecule has 0 radical (unpaired) electrons. The van der Waals surface area contributed by atoms with Gasteiger partial charge in [-0.3, -0.25) is 4.99 Å². The van der Waals surface area contributed by atoms with Crippen molar-refractivity contribution in [1.29, 1.82) is 0 Å². The molecule has 2 aromatic rings. The van der Waals surface area contributed by atoms with Gasteiger partial charge in [-0.2, -0.15) is 13.8 Å². The third-order valence-electron chi connectivity index (χ3n) is 3.14. The Morgan fingerprint density at radius 3 is 2.68 bits per heavy atom. The van der Waals surface area contributed by atoms with E-state index >= 15 is 0 Å². The monoisotopic (exact) mass is 355 g/mol. The molecule has 0 bridgehead atoms. The van der Waals surface area contributed by atoms with E-state index in [2.05, 4.69) is 30.5 Å². The van der Waals surface area contributed by atoms with Crippen LogP contribution >= 0.6 is 0 Å². The molecule has 136 valence electrons. The number of benzene rings is 1. The molecule has 8 nitrogen and oxygen atoms in total. The molecule has 10 heteroatoms. The van der Waals surface area contributed by atoms with Gasteiger partial charge in [0, 0.05) is 26.1 Å². The Labute approximate surface area is 143 Å². The summed E-state index contributed by atoms with van der Waals surface area (Å²) in [5, 5.41) is 9.75. The van der Waals surface area contributed by atoms with Gasteiger partial charge in [0.1, 0.15) is 11.5 Å². The highest BCUT2D eigenvalue weighted by Gasteiger charge is 2.12. The SMILES string of the molecule is CN=C(NCc1noc(C)n1)NCc1cc(OC)ccc1OC(F)F. The zero-order chi connectivity index (χ0) is 18.2. The summed E-state index contributed by atoms with van der Waals surface area (Å²) in [5.74, 6) is 1.97. The molecule has 0 aliphatic carbocycles. The van der Waals surface area contributed by atoms with Gasteiger partial charge >= 0.3 is 6.61 Å². The van der Waals surface area contributed by atoms with Crippen LogP contribution in [0, 0.1) is 6.92 Å². The quantitative estimate of drug-likeness (QED) is 0.578. The van der Waals surface area contributed by atoms with Crippen LogP contribution in [-0.2, 0) is 13.1 Å². The van der Waals surface area contributed by atoms with Crippen molar-refractivity contribution in [2.45, 2.75) is 26.6 Å². The molecule has 0 aliphatic rings. The standard InChI is InChI=1S/C15H19F2N5O3/c1-9-21-13(22-25-9)8-20-15(18-2)19-7-10-6-11(23-3)4-5-12(10)24-14(16)17/h4-6,14H,7-8H2,1-3H3,(H2,18,19,20). The number of halogens is 2. The van der Waals surface area contributed by atoms with E-state index in [9.17, 15) is 8.78 Å². The van der Waals surface area contributed by atoms with Crippen molar-refractivity contribution >= 4 is 5.96 Å². The van der Waals surface area contributed by atoms with E-state index in [1.165, 1.54) is 13.2 Å². The fourth-order valence-electron chi connectivity index (χ4n) is 2.01. The molecule has 2 N–H and O–H groups in total. The molecule has 1 heterocycles. The highest BCUT2D eigenvalue weighted by molar-refractivity contribution is 5.79. The van der Waals surface area contributed by atoms with Crippen molar-refractivity contribution < 1.29 is 22.8 Å². The van der Waals surface area contributed by atoms with Gasteiger partial charge < -0.3 is 24.6 Å². The Balaban J connectivity index is 1.99. The number of nitrogens with zero attached hydrogens (tertiary/aromatic N) is 3. The third-order valence-corrected chi connectivity index (χ3v) is 3.14. The number of nitrogens with one attached hydrogen (secondary N) is 2. The van der Waals surface area contributed by atoms with Crippen LogP contribution in [0.25, 0.3) is 0 Å². The van der Waals surface area contributed by atoms with Crippen LogP contribution in [-0.4, -0.2) is 36.9 Å². The number of ether oxygens (including phenoxy) is 2. The first-order valence-corrected chi connectivity index (χ1v) is 7.37. The van der Waals surface area contributed by atoms with Crippen molar-refractivity contribution in [3.63, 3.8) is 0 Å². The lowest BCUT2D eigenvalue weighted by Crippen LogP contribution is -2.36. The molecule has 0 atom stereocenters. The molecule has 0 saturated carbocycles. The maximum absolute atomic E-state index is 12.5. The summed E-state index contributed by atoms with van der Waals surface area (Å²) in [6, 6.07) is 4.59. The van der Waals surface area contributed by atoms with Crippen molar-refractivity contribution in [3.8, 4) is 11.5 Å². The summed E-state index contributed by atoms with van der Waals surface area (Å²) in [5.41, 5.74) is 0.498. The number of aromatic nitrogens is 2. The second kappa shape index (κ2) is 8.81. The van der Waals surface area contributed by atoms with Crippen molar-refractivity contribution in [1.82, 2.24) is 20.8 Å². The second-order valence-corrected chi connectivity index (χ2v) is 4.86.